The van der Waals surface area contributed by atoms with Gasteiger partial charge in [0.1, 0.15) is 11.6 Å². The number of nitrogens with zero attached hydrogens (tertiary/aromatic N) is 1. The van der Waals surface area contributed by atoms with Crippen LogP contribution in [0.15, 0.2) is 24.3 Å². The lowest BCUT2D eigenvalue weighted by Crippen LogP contribution is -2.35. The number of rotatable bonds is 7. The molecule has 186 valence electrons. The van der Waals surface area contributed by atoms with E-state index in [0.29, 0.717) is 34.2 Å². The predicted octanol–water partition coefficient (Wildman–Crippen LogP) is 7.42. The van der Waals surface area contributed by atoms with Crippen molar-refractivity contribution in [1.29, 1.82) is 0 Å². The van der Waals surface area contributed by atoms with Gasteiger partial charge in [0.2, 0.25) is 0 Å². The van der Waals surface area contributed by atoms with Crippen LogP contribution in [0.2, 0.25) is 10.0 Å². The second kappa shape index (κ2) is 12.2. The number of methoxy groups -OCH3 is 1. The van der Waals surface area contributed by atoms with Crippen molar-refractivity contribution < 1.29 is 18.7 Å². The highest BCUT2D eigenvalue weighted by Crippen LogP contribution is 2.45. The van der Waals surface area contributed by atoms with Crippen molar-refractivity contribution in [3.63, 3.8) is 0 Å². The third kappa shape index (κ3) is 6.65. The normalized spacial score (nSPS) is 16.6. The number of likely N-dealkylation sites (tertiary alicyclic amines) is 1. The Balaban J connectivity index is 0.00000158. The minimum atomic E-state index is -0.653. The van der Waals surface area contributed by atoms with Crippen molar-refractivity contribution in [1.82, 2.24) is 4.90 Å². The lowest BCUT2D eigenvalue weighted by molar-refractivity contribution is 0.0595. The summed E-state index contributed by atoms with van der Waals surface area (Å²) in [6.45, 7) is 9.32. The van der Waals surface area contributed by atoms with Crippen LogP contribution in [0.25, 0.3) is 0 Å². The van der Waals surface area contributed by atoms with Crippen molar-refractivity contribution in [2.45, 2.75) is 58.9 Å². The quantitative estimate of drug-likeness (QED) is 0.364. The molecule has 0 bridgehead atoms. The van der Waals surface area contributed by atoms with Gasteiger partial charge in [-0.3, -0.25) is 4.90 Å². The predicted molar refractivity (Wildman–Crippen MR) is 136 cm³/mol. The molecule has 0 N–H and O–H groups in total. The van der Waals surface area contributed by atoms with Gasteiger partial charge in [-0.25, -0.2) is 9.18 Å². The molecule has 0 radical (unpaired) electrons. The molecule has 4 rings (SSSR count). The van der Waals surface area contributed by atoms with Gasteiger partial charge in [0, 0.05) is 22.7 Å². The largest absolute Gasteiger partial charge is 0.493 e. The Labute approximate surface area is 212 Å². The number of hydrogen-bond donors (Lipinski definition) is 0. The van der Waals surface area contributed by atoms with E-state index in [4.69, 9.17) is 32.7 Å². The number of esters is 1. The van der Waals surface area contributed by atoms with E-state index in [0.717, 1.165) is 62.0 Å². The Morgan fingerprint density at radius 2 is 1.76 bits per heavy atom. The second-order valence-corrected chi connectivity index (χ2v) is 9.68. The molecule has 0 aromatic heterocycles. The van der Waals surface area contributed by atoms with Gasteiger partial charge in [-0.15, -0.1) is 0 Å². The summed E-state index contributed by atoms with van der Waals surface area (Å²) < 4.78 is 25.2. The van der Waals surface area contributed by atoms with E-state index in [1.54, 1.807) is 12.1 Å². The number of carbonyl (C=O) groups is 1. The van der Waals surface area contributed by atoms with Crippen LogP contribution in [0, 0.1) is 18.7 Å². The van der Waals surface area contributed by atoms with Gasteiger partial charge < -0.3 is 9.47 Å². The van der Waals surface area contributed by atoms with Gasteiger partial charge in [-0.05, 0) is 92.4 Å². The molecule has 1 saturated heterocycles. The number of hydrogen-bond acceptors (Lipinski definition) is 4. The summed E-state index contributed by atoms with van der Waals surface area (Å²) >= 11 is 12.4. The lowest BCUT2D eigenvalue weighted by atomic mass is 9.96. The highest BCUT2D eigenvalue weighted by atomic mass is 35.5. The van der Waals surface area contributed by atoms with Crippen LogP contribution in [0.3, 0.4) is 0 Å². The maximum absolute atomic E-state index is 14.5. The van der Waals surface area contributed by atoms with Crippen molar-refractivity contribution in [3.05, 3.63) is 62.4 Å². The Morgan fingerprint density at radius 1 is 1.09 bits per heavy atom. The summed E-state index contributed by atoms with van der Waals surface area (Å²) in [4.78, 5) is 14.3. The van der Waals surface area contributed by atoms with Crippen LogP contribution < -0.4 is 4.74 Å². The monoisotopic (exact) mass is 509 g/mol. The summed E-state index contributed by atoms with van der Waals surface area (Å²) in [7, 11) is 1.26. The Kier molecular flexibility index (Phi) is 9.64. The average molecular weight is 510 g/mol. The second-order valence-electron chi connectivity index (χ2n) is 8.84. The average Bonchev–Trinajstić information content (AvgIpc) is 3.68. The first kappa shape index (κ1) is 26.8. The van der Waals surface area contributed by atoms with Crippen LogP contribution in [-0.4, -0.2) is 37.7 Å². The van der Waals surface area contributed by atoms with Crippen molar-refractivity contribution in [2.75, 3.05) is 26.8 Å². The molecule has 2 aromatic rings. The van der Waals surface area contributed by atoms with Crippen molar-refractivity contribution in [3.8, 4) is 5.75 Å². The molecule has 0 spiro atoms. The maximum Gasteiger partial charge on any atom is 0.340 e. The molecule has 34 heavy (non-hydrogen) atoms. The first-order chi connectivity index (χ1) is 16.4. The molecule has 2 aromatic carbocycles. The fraction of sp³-hybridized carbons (Fsp3) is 0.519. The zero-order valence-corrected chi connectivity index (χ0v) is 21.9. The minimum absolute atomic E-state index is 0.0218. The number of benzene rings is 2. The number of carbonyl (C=O) groups excluding carboxylic acids is 1. The Morgan fingerprint density at radius 3 is 2.38 bits per heavy atom. The van der Waals surface area contributed by atoms with E-state index in [2.05, 4.69) is 4.90 Å². The SMILES string of the molecule is CC.COC(=O)c1cc(C2CC2)c(OCC2CCN(Cc3cc(Cl)cc(Cl)c3C)CC2)cc1F. The molecule has 1 heterocycles. The molecule has 4 nitrogen and oxygen atoms in total. The first-order valence-corrected chi connectivity index (χ1v) is 12.8. The smallest absolute Gasteiger partial charge is 0.340 e. The first-order valence-electron chi connectivity index (χ1n) is 12.1. The topological polar surface area (TPSA) is 38.8 Å². The van der Waals surface area contributed by atoms with Crippen LogP contribution in [0.1, 0.15) is 72.5 Å². The van der Waals surface area contributed by atoms with Crippen molar-refractivity contribution in [2.24, 2.45) is 5.92 Å². The molecular formula is C27H34Cl2FNO3. The summed E-state index contributed by atoms with van der Waals surface area (Å²) in [5, 5.41) is 1.36. The third-order valence-corrected chi connectivity index (χ3v) is 7.13. The number of halogens is 3. The molecule has 0 atom stereocenters. The molecule has 1 aliphatic heterocycles. The zero-order chi connectivity index (χ0) is 24.8. The van der Waals surface area contributed by atoms with Crippen LogP contribution in [0.4, 0.5) is 4.39 Å². The minimum Gasteiger partial charge on any atom is -0.493 e. The van der Waals surface area contributed by atoms with Crippen LogP contribution >= 0.6 is 23.2 Å². The standard InChI is InChI=1S/C25H28Cl2FNO3.C2H6/c1-15-18(9-19(26)10-22(15)27)13-29-7-5-16(6-8-29)14-32-24-12-23(28)21(25(30)31-2)11-20(24)17-3-4-17;1-2/h9-12,16-17H,3-8,13-14H2,1-2H3;1-2H3. The van der Waals surface area contributed by atoms with Gasteiger partial charge in [-0.2, -0.15) is 0 Å². The molecule has 1 saturated carbocycles. The van der Waals surface area contributed by atoms with Gasteiger partial charge in [0.15, 0.2) is 0 Å². The van der Waals surface area contributed by atoms with Gasteiger partial charge >= 0.3 is 5.97 Å². The molecule has 1 aliphatic carbocycles. The van der Waals surface area contributed by atoms with Gasteiger partial charge in [0.05, 0.1) is 19.3 Å². The van der Waals surface area contributed by atoms with Crippen LogP contribution in [0.5, 0.6) is 5.75 Å². The van der Waals surface area contributed by atoms with E-state index in [-0.39, 0.29) is 5.56 Å². The zero-order valence-electron chi connectivity index (χ0n) is 20.4. The number of ether oxygens (including phenoxy) is 2. The highest BCUT2D eigenvalue weighted by molar-refractivity contribution is 6.35. The molecule has 2 aliphatic rings. The van der Waals surface area contributed by atoms with Gasteiger partial charge in [-0.1, -0.05) is 37.0 Å². The van der Waals surface area contributed by atoms with E-state index in [9.17, 15) is 9.18 Å². The maximum atomic E-state index is 14.5. The Bertz CT molecular complexity index is 1000. The van der Waals surface area contributed by atoms with E-state index in [1.165, 1.54) is 13.2 Å². The molecule has 0 amide bonds. The fourth-order valence-corrected chi connectivity index (χ4v) is 4.84. The highest BCUT2D eigenvalue weighted by Gasteiger charge is 2.30. The summed E-state index contributed by atoms with van der Waals surface area (Å²) in [5.41, 5.74) is 3.13. The fourth-order valence-electron chi connectivity index (χ4n) is 4.30. The van der Waals surface area contributed by atoms with Gasteiger partial charge in [0.25, 0.3) is 0 Å². The van der Waals surface area contributed by atoms with E-state index in [1.807, 2.05) is 26.8 Å². The molecular weight excluding hydrogens is 476 g/mol. The molecule has 0 unspecified atom stereocenters. The third-order valence-electron chi connectivity index (χ3n) is 6.51. The summed E-state index contributed by atoms with van der Waals surface area (Å²) in [6.07, 6.45) is 4.09. The Hall–Kier alpha value is -1.82. The van der Waals surface area contributed by atoms with Crippen LogP contribution in [-0.2, 0) is 11.3 Å². The summed E-state index contributed by atoms with van der Waals surface area (Å²) in [6, 6.07) is 6.72. The molecule has 2 fully saturated rings. The number of piperidine rings is 1. The molecule has 7 heteroatoms. The van der Waals surface area contributed by atoms with E-state index < -0.39 is 11.8 Å². The lowest BCUT2D eigenvalue weighted by Gasteiger charge is -2.32. The van der Waals surface area contributed by atoms with E-state index >= 15 is 0 Å². The van der Waals surface area contributed by atoms with Crippen molar-refractivity contribution >= 4 is 29.2 Å². The summed E-state index contributed by atoms with van der Waals surface area (Å²) in [5.74, 6) is 0.0553.